The molecule has 0 unspecified atom stereocenters. The Morgan fingerprint density at radius 3 is 1.58 bits per heavy atom. The number of hydrogen-bond acceptors (Lipinski definition) is 4. The van der Waals surface area contributed by atoms with Crippen LogP contribution < -0.4 is 0 Å². The SMILES string of the molecule is c1ccc(-c2nc(-c3ccccc3)nc(-c3cccc4c(-c5cccc6oc7cc8ccccc8cc7c56)cccc34)n2)cc1. The Labute approximate surface area is 259 Å². The molecule has 9 rings (SSSR count). The fourth-order valence-corrected chi connectivity index (χ4v) is 6.40. The van der Waals surface area contributed by atoms with Gasteiger partial charge < -0.3 is 4.42 Å². The molecule has 0 atom stereocenters. The maximum Gasteiger partial charge on any atom is 0.164 e. The van der Waals surface area contributed by atoms with Crippen molar-refractivity contribution in [1.82, 2.24) is 15.0 Å². The van der Waals surface area contributed by atoms with Crippen LogP contribution >= 0.6 is 0 Å². The fourth-order valence-electron chi connectivity index (χ4n) is 6.40. The molecule has 0 saturated heterocycles. The van der Waals surface area contributed by atoms with Gasteiger partial charge in [0.2, 0.25) is 0 Å². The van der Waals surface area contributed by atoms with Crippen molar-refractivity contribution in [3.8, 4) is 45.3 Å². The van der Waals surface area contributed by atoms with Gasteiger partial charge >= 0.3 is 0 Å². The van der Waals surface area contributed by atoms with E-state index in [4.69, 9.17) is 19.4 Å². The molecule has 210 valence electrons. The van der Waals surface area contributed by atoms with E-state index in [1.54, 1.807) is 0 Å². The molecule has 45 heavy (non-hydrogen) atoms. The Hall–Kier alpha value is -6.13. The van der Waals surface area contributed by atoms with E-state index in [1.165, 1.54) is 10.8 Å². The second-order valence-electron chi connectivity index (χ2n) is 11.2. The van der Waals surface area contributed by atoms with Gasteiger partial charge in [0, 0.05) is 27.5 Å². The number of benzene rings is 7. The highest BCUT2D eigenvalue weighted by Crippen LogP contribution is 2.41. The second kappa shape index (κ2) is 10.2. The van der Waals surface area contributed by atoms with Gasteiger partial charge in [0.25, 0.3) is 0 Å². The lowest BCUT2D eigenvalue weighted by molar-refractivity contribution is 0.669. The number of fused-ring (bicyclic) bond motifs is 5. The minimum absolute atomic E-state index is 0.642. The van der Waals surface area contributed by atoms with E-state index < -0.39 is 0 Å². The predicted molar refractivity (Wildman–Crippen MR) is 184 cm³/mol. The molecule has 0 amide bonds. The van der Waals surface area contributed by atoms with Crippen LogP contribution in [0.3, 0.4) is 0 Å². The van der Waals surface area contributed by atoms with E-state index >= 15 is 0 Å². The third-order valence-corrected chi connectivity index (χ3v) is 8.52. The molecule has 2 heterocycles. The highest BCUT2D eigenvalue weighted by atomic mass is 16.3. The first-order valence-corrected chi connectivity index (χ1v) is 15.0. The summed E-state index contributed by atoms with van der Waals surface area (Å²) in [5.74, 6) is 1.94. The van der Waals surface area contributed by atoms with Crippen LogP contribution in [0.1, 0.15) is 0 Å². The van der Waals surface area contributed by atoms with Crippen molar-refractivity contribution < 1.29 is 4.42 Å². The van der Waals surface area contributed by atoms with Crippen molar-refractivity contribution in [2.75, 3.05) is 0 Å². The minimum Gasteiger partial charge on any atom is -0.456 e. The van der Waals surface area contributed by atoms with Crippen LogP contribution in [-0.2, 0) is 0 Å². The molecule has 0 saturated carbocycles. The average Bonchev–Trinajstić information content (AvgIpc) is 3.48. The Balaban J connectivity index is 1.28. The van der Waals surface area contributed by atoms with Gasteiger partial charge in [-0.05, 0) is 50.9 Å². The van der Waals surface area contributed by atoms with E-state index in [0.717, 1.165) is 60.5 Å². The fraction of sp³-hybridized carbons (Fsp3) is 0. The van der Waals surface area contributed by atoms with Gasteiger partial charge in [0.05, 0.1) is 0 Å². The second-order valence-corrected chi connectivity index (χ2v) is 11.2. The van der Waals surface area contributed by atoms with Crippen LogP contribution in [0.2, 0.25) is 0 Å². The molecule has 0 fully saturated rings. The van der Waals surface area contributed by atoms with Crippen LogP contribution in [0.4, 0.5) is 0 Å². The Kier molecular flexibility index (Phi) is 5.78. The Morgan fingerprint density at radius 1 is 0.356 bits per heavy atom. The molecule has 0 aliphatic heterocycles. The Morgan fingerprint density at radius 2 is 0.889 bits per heavy atom. The van der Waals surface area contributed by atoms with E-state index in [-0.39, 0.29) is 0 Å². The monoisotopic (exact) mass is 575 g/mol. The molecule has 0 aliphatic carbocycles. The molecule has 2 aromatic heterocycles. The van der Waals surface area contributed by atoms with Gasteiger partial charge in [0.15, 0.2) is 17.5 Å². The first kappa shape index (κ1) is 25.4. The predicted octanol–water partition coefficient (Wildman–Crippen LogP) is 10.7. The molecule has 0 spiro atoms. The lowest BCUT2D eigenvalue weighted by Gasteiger charge is -2.13. The van der Waals surface area contributed by atoms with Gasteiger partial charge in [-0.2, -0.15) is 0 Å². The van der Waals surface area contributed by atoms with E-state index in [9.17, 15) is 0 Å². The minimum atomic E-state index is 0.642. The maximum atomic E-state index is 6.41. The lowest BCUT2D eigenvalue weighted by Crippen LogP contribution is -2.00. The van der Waals surface area contributed by atoms with Crippen LogP contribution in [0.25, 0.3) is 88.8 Å². The maximum absolute atomic E-state index is 6.41. The molecule has 0 aliphatic rings. The average molecular weight is 576 g/mol. The van der Waals surface area contributed by atoms with Gasteiger partial charge in [-0.15, -0.1) is 0 Å². The number of hydrogen-bond donors (Lipinski definition) is 0. The zero-order valence-corrected chi connectivity index (χ0v) is 24.2. The molecular weight excluding hydrogens is 550 g/mol. The van der Waals surface area contributed by atoms with Crippen LogP contribution in [0.5, 0.6) is 0 Å². The summed E-state index contributed by atoms with van der Waals surface area (Å²) in [6.07, 6.45) is 0. The third kappa shape index (κ3) is 4.27. The van der Waals surface area contributed by atoms with Gasteiger partial charge in [-0.3, -0.25) is 0 Å². The summed E-state index contributed by atoms with van der Waals surface area (Å²) in [6.45, 7) is 0. The number of rotatable bonds is 4. The number of nitrogens with zero attached hydrogens (tertiary/aromatic N) is 3. The summed E-state index contributed by atoms with van der Waals surface area (Å²) < 4.78 is 6.41. The number of furan rings is 1. The topological polar surface area (TPSA) is 51.8 Å². The molecule has 7 aromatic carbocycles. The molecule has 9 aromatic rings. The van der Waals surface area contributed by atoms with Crippen molar-refractivity contribution in [3.63, 3.8) is 0 Å². The van der Waals surface area contributed by atoms with E-state index in [0.29, 0.717) is 17.5 Å². The highest BCUT2D eigenvalue weighted by Gasteiger charge is 2.18. The van der Waals surface area contributed by atoms with Gasteiger partial charge in [0.1, 0.15) is 11.2 Å². The summed E-state index contributed by atoms with van der Waals surface area (Å²) >= 11 is 0. The van der Waals surface area contributed by atoms with Crippen molar-refractivity contribution >= 4 is 43.5 Å². The molecule has 0 bridgehead atoms. The normalized spacial score (nSPS) is 11.6. The summed E-state index contributed by atoms with van der Waals surface area (Å²) in [4.78, 5) is 14.9. The smallest absolute Gasteiger partial charge is 0.164 e. The molecule has 4 heteroatoms. The molecule has 0 radical (unpaired) electrons. The largest absolute Gasteiger partial charge is 0.456 e. The molecular formula is C41H25N3O. The van der Waals surface area contributed by atoms with E-state index in [1.807, 2.05) is 60.7 Å². The molecule has 4 nitrogen and oxygen atoms in total. The summed E-state index contributed by atoms with van der Waals surface area (Å²) in [5.41, 5.74) is 6.90. The standard InChI is InChI=1S/C41H25N3O/c1-3-12-26(13-4-1)39-42-40(27-14-5-2-6-15-27)44-41(43-39)34-22-10-18-30-31(19-9-20-32(30)34)33-21-11-23-36-38(33)35-24-28-16-7-8-17-29(28)25-37(35)45-36/h1-25H. The zero-order chi connectivity index (χ0) is 29.7. The quantitative estimate of drug-likeness (QED) is 0.209. The van der Waals surface area contributed by atoms with E-state index in [2.05, 4.69) is 91.0 Å². The van der Waals surface area contributed by atoms with Crippen molar-refractivity contribution in [2.45, 2.75) is 0 Å². The lowest BCUT2D eigenvalue weighted by atomic mass is 9.92. The third-order valence-electron chi connectivity index (χ3n) is 8.52. The first-order valence-electron chi connectivity index (χ1n) is 15.0. The Bertz CT molecular complexity index is 2480. The number of aromatic nitrogens is 3. The van der Waals surface area contributed by atoms with Crippen LogP contribution in [0.15, 0.2) is 156 Å². The van der Waals surface area contributed by atoms with Gasteiger partial charge in [-0.1, -0.05) is 133 Å². The van der Waals surface area contributed by atoms with Crippen molar-refractivity contribution in [2.24, 2.45) is 0 Å². The van der Waals surface area contributed by atoms with Crippen LogP contribution in [0, 0.1) is 0 Å². The summed E-state index contributed by atoms with van der Waals surface area (Å²) in [6, 6.07) is 52.2. The van der Waals surface area contributed by atoms with Gasteiger partial charge in [-0.25, -0.2) is 15.0 Å². The van der Waals surface area contributed by atoms with Crippen molar-refractivity contribution in [3.05, 3.63) is 152 Å². The van der Waals surface area contributed by atoms with Crippen LogP contribution in [-0.4, -0.2) is 15.0 Å². The highest BCUT2D eigenvalue weighted by molar-refractivity contribution is 6.18. The molecule has 0 N–H and O–H groups in total. The zero-order valence-electron chi connectivity index (χ0n) is 24.2. The summed E-state index contributed by atoms with van der Waals surface area (Å²) in [7, 11) is 0. The van der Waals surface area contributed by atoms with Crippen molar-refractivity contribution in [1.29, 1.82) is 0 Å². The summed E-state index contributed by atoms with van der Waals surface area (Å²) in [5, 5.41) is 6.80. The first-order chi connectivity index (χ1) is 22.3.